The first-order valence-electron chi connectivity index (χ1n) is 5.29. The molecule has 0 aromatic rings. The SMILES string of the molecule is C=CCCCC=CCC=C1CC1C. The molecule has 13 heavy (non-hydrogen) atoms. The molecule has 0 aromatic heterocycles. The first-order chi connectivity index (χ1) is 6.34. The first kappa shape index (κ1) is 10.3. The number of hydrogen-bond acceptors (Lipinski definition) is 0. The highest BCUT2D eigenvalue weighted by molar-refractivity contribution is 5.22. The molecular formula is C13H20. The largest absolute Gasteiger partial charge is 0.103 e. The van der Waals surface area contributed by atoms with Crippen LogP contribution in [0.25, 0.3) is 0 Å². The van der Waals surface area contributed by atoms with E-state index in [2.05, 4.69) is 31.7 Å². The van der Waals surface area contributed by atoms with Crippen molar-refractivity contribution in [2.24, 2.45) is 5.92 Å². The first-order valence-corrected chi connectivity index (χ1v) is 5.29. The lowest BCUT2D eigenvalue weighted by atomic mass is 10.2. The van der Waals surface area contributed by atoms with Gasteiger partial charge in [0.05, 0.1) is 0 Å². The zero-order valence-corrected chi connectivity index (χ0v) is 8.63. The molecule has 0 nitrogen and oxygen atoms in total. The summed E-state index contributed by atoms with van der Waals surface area (Å²) in [7, 11) is 0. The van der Waals surface area contributed by atoms with Gasteiger partial charge < -0.3 is 0 Å². The number of allylic oxidation sites excluding steroid dienone is 5. The third kappa shape index (κ3) is 4.72. The summed E-state index contributed by atoms with van der Waals surface area (Å²) in [6, 6.07) is 0. The van der Waals surface area contributed by atoms with Crippen LogP contribution >= 0.6 is 0 Å². The number of unbranched alkanes of at least 4 members (excludes halogenated alkanes) is 2. The van der Waals surface area contributed by atoms with Crippen molar-refractivity contribution in [3.8, 4) is 0 Å². The maximum Gasteiger partial charge on any atom is -0.0166 e. The van der Waals surface area contributed by atoms with Gasteiger partial charge in [0.1, 0.15) is 0 Å². The highest BCUT2D eigenvalue weighted by Gasteiger charge is 2.22. The normalized spacial score (nSPS) is 24.1. The van der Waals surface area contributed by atoms with Crippen molar-refractivity contribution >= 4 is 0 Å². The fourth-order valence-electron chi connectivity index (χ4n) is 1.39. The van der Waals surface area contributed by atoms with Gasteiger partial charge in [0, 0.05) is 0 Å². The Morgan fingerprint density at radius 2 is 2.15 bits per heavy atom. The van der Waals surface area contributed by atoms with Crippen LogP contribution in [0.2, 0.25) is 0 Å². The number of hydrogen-bond donors (Lipinski definition) is 0. The molecule has 0 spiro atoms. The van der Waals surface area contributed by atoms with E-state index in [1.165, 1.54) is 19.3 Å². The fraction of sp³-hybridized carbons (Fsp3) is 0.538. The molecule has 0 N–H and O–H groups in total. The van der Waals surface area contributed by atoms with E-state index in [4.69, 9.17) is 0 Å². The van der Waals surface area contributed by atoms with Gasteiger partial charge in [0.2, 0.25) is 0 Å². The van der Waals surface area contributed by atoms with Crippen LogP contribution < -0.4 is 0 Å². The smallest absolute Gasteiger partial charge is 0.0166 e. The molecule has 1 fully saturated rings. The average Bonchev–Trinajstić information content (AvgIpc) is 2.81. The summed E-state index contributed by atoms with van der Waals surface area (Å²) in [6.07, 6.45) is 15.0. The molecule has 1 aliphatic carbocycles. The Morgan fingerprint density at radius 1 is 1.38 bits per heavy atom. The van der Waals surface area contributed by atoms with Crippen LogP contribution in [-0.4, -0.2) is 0 Å². The Bertz CT molecular complexity index is 208. The van der Waals surface area contributed by atoms with Crippen molar-refractivity contribution in [3.63, 3.8) is 0 Å². The predicted octanol–water partition coefficient (Wildman–Crippen LogP) is 4.26. The highest BCUT2D eigenvalue weighted by atomic mass is 14.3. The van der Waals surface area contributed by atoms with Gasteiger partial charge >= 0.3 is 0 Å². The minimum atomic E-state index is 0.883. The molecule has 1 unspecified atom stereocenters. The minimum absolute atomic E-state index is 0.883. The molecule has 0 radical (unpaired) electrons. The zero-order chi connectivity index (χ0) is 9.52. The zero-order valence-electron chi connectivity index (χ0n) is 8.63. The van der Waals surface area contributed by atoms with E-state index in [-0.39, 0.29) is 0 Å². The summed E-state index contributed by atoms with van der Waals surface area (Å²) >= 11 is 0. The van der Waals surface area contributed by atoms with Gasteiger partial charge in [0.25, 0.3) is 0 Å². The van der Waals surface area contributed by atoms with Crippen molar-refractivity contribution in [3.05, 3.63) is 36.5 Å². The monoisotopic (exact) mass is 176 g/mol. The molecule has 1 aliphatic rings. The maximum atomic E-state index is 3.70. The second kappa shape index (κ2) is 5.80. The molecular weight excluding hydrogens is 156 g/mol. The summed E-state index contributed by atoms with van der Waals surface area (Å²) < 4.78 is 0. The third-order valence-electron chi connectivity index (χ3n) is 2.48. The quantitative estimate of drug-likeness (QED) is 0.419. The lowest BCUT2D eigenvalue weighted by Crippen LogP contribution is -1.68. The van der Waals surface area contributed by atoms with Crippen LogP contribution in [0.4, 0.5) is 0 Å². The third-order valence-corrected chi connectivity index (χ3v) is 2.48. The van der Waals surface area contributed by atoms with Crippen LogP contribution in [0.15, 0.2) is 36.5 Å². The van der Waals surface area contributed by atoms with Crippen molar-refractivity contribution < 1.29 is 0 Å². The van der Waals surface area contributed by atoms with E-state index in [0.29, 0.717) is 0 Å². The lowest BCUT2D eigenvalue weighted by molar-refractivity contribution is 0.867. The standard InChI is InChI=1S/C13H20/c1-3-4-5-6-7-8-9-10-13-11-12(13)2/h3,7-8,10,12H,1,4-6,9,11H2,2H3. The van der Waals surface area contributed by atoms with Gasteiger partial charge in [-0.3, -0.25) is 0 Å². The van der Waals surface area contributed by atoms with Gasteiger partial charge in [0.15, 0.2) is 0 Å². The van der Waals surface area contributed by atoms with Crippen molar-refractivity contribution in [2.45, 2.75) is 39.0 Å². The van der Waals surface area contributed by atoms with Gasteiger partial charge in [-0.25, -0.2) is 0 Å². The van der Waals surface area contributed by atoms with E-state index < -0.39 is 0 Å². The Labute approximate surface area is 82.0 Å². The van der Waals surface area contributed by atoms with E-state index in [0.717, 1.165) is 18.8 Å². The van der Waals surface area contributed by atoms with E-state index in [1.54, 1.807) is 5.57 Å². The maximum absolute atomic E-state index is 3.70. The molecule has 1 rings (SSSR count). The molecule has 1 atom stereocenters. The molecule has 0 saturated heterocycles. The molecule has 0 amide bonds. The summed E-state index contributed by atoms with van der Waals surface area (Å²) in [4.78, 5) is 0. The molecule has 0 aliphatic heterocycles. The molecule has 1 saturated carbocycles. The second-order valence-electron chi connectivity index (χ2n) is 3.81. The van der Waals surface area contributed by atoms with E-state index >= 15 is 0 Å². The molecule has 0 heterocycles. The lowest BCUT2D eigenvalue weighted by Gasteiger charge is -1.88. The van der Waals surface area contributed by atoms with Crippen molar-refractivity contribution in [1.82, 2.24) is 0 Å². The average molecular weight is 176 g/mol. The predicted molar refractivity (Wildman–Crippen MR) is 59.7 cm³/mol. The fourth-order valence-corrected chi connectivity index (χ4v) is 1.39. The van der Waals surface area contributed by atoms with Gasteiger partial charge in [-0.2, -0.15) is 0 Å². The Kier molecular flexibility index (Phi) is 4.59. The van der Waals surface area contributed by atoms with Crippen molar-refractivity contribution in [1.29, 1.82) is 0 Å². The Morgan fingerprint density at radius 3 is 2.77 bits per heavy atom. The van der Waals surface area contributed by atoms with E-state index in [9.17, 15) is 0 Å². The summed E-state index contributed by atoms with van der Waals surface area (Å²) in [5.74, 6) is 0.883. The van der Waals surface area contributed by atoms with Gasteiger partial charge in [-0.05, 0) is 38.0 Å². The summed E-state index contributed by atoms with van der Waals surface area (Å²) in [5.41, 5.74) is 1.65. The molecule has 0 heteroatoms. The van der Waals surface area contributed by atoms with E-state index in [1.807, 2.05) is 6.08 Å². The van der Waals surface area contributed by atoms with Gasteiger partial charge in [-0.1, -0.05) is 36.8 Å². The number of rotatable bonds is 6. The minimum Gasteiger partial charge on any atom is -0.103 e. The second-order valence-corrected chi connectivity index (χ2v) is 3.81. The van der Waals surface area contributed by atoms with Crippen LogP contribution in [0.5, 0.6) is 0 Å². The molecule has 0 aromatic carbocycles. The van der Waals surface area contributed by atoms with Crippen LogP contribution in [-0.2, 0) is 0 Å². The van der Waals surface area contributed by atoms with Crippen molar-refractivity contribution in [2.75, 3.05) is 0 Å². The van der Waals surface area contributed by atoms with Crippen LogP contribution in [0.3, 0.4) is 0 Å². The topological polar surface area (TPSA) is 0 Å². The Hall–Kier alpha value is -0.780. The summed E-state index contributed by atoms with van der Waals surface area (Å²) in [6.45, 7) is 5.99. The summed E-state index contributed by atoms with van der Waals surface area (Å²) in [5, 5.41) is 0. The highest BCUT2D eigenvalue weighted by Crippen LogP contribution is 2.36. The Balaban J connectivity index is 1.96. The van der Waals surface area contributed by atoms with Crippen LogP contribution in [0.1, 0.15) is 39.0 Å². The van der Waals surface area contributed by atoms with Crippen LogP contribution in [0, 0.1) is 5.92 Å². The molecule has 0 bridgehead atoms. The van der Waals surface area contributed by atoms with Gasteiger partial charge in [-0.15, -0.1) is 6.58 Å². The molecule has 72 valence electrons.